The Morgan fingerprint density at radius 2 is 1.80 bits per heavy atom. The predicted octanol–water partition coefficient (Wildman–Crippen LogP) is 4.08. The lowest BCUT2D eigenvalue weighted by Crippen LogP contribution is -2.19. The van der Waals surface area contributed by atoms with Crippen LogP contribution < -0.4 is 5.43 Å². The van der Waals surface area contributed by atoms with Crippen LogP contribution in [0.1, 0.15) is 57.9 Å². The molecule has 0 aliphatic heterocycles. The fourth-order valence-electron chi connectivity index (χ4n) is 2.03. The first-order chi connectivity index (χ1) is 9.72. The van der Waals surface area contributed by atoms with Crippen molar-refractivity contribution in [3.05, 3.63) is 35.9 Å². The second-order valence-electron chi connectivity index (χ2n) is 5.21. The summed E-state index contributed by atoms with van der Waals surface area (Å²) in [6.45, 7) is 4.13. The van der Waals surface area contributed by atoms with E-state index in [0.29, 0.717) is 6.42 Å². The van der Waals surface area contributed by atoms with E-state index in [2.05, 4.69) is 29.6 Å². The summed E-state index contributed by atoms with van der Waals surface area (Å²) in [4.78, 5) is 11.6. The van der Waals surface area contributed by atoms with E-state index in [1.165, 1.54) is 24.8 Å². The molecule has 0 heterocycles. The zero-order valence-corrected chi connectivity index (χ0v) is 12.7. The highest BCUT2D eigenvalue weighted by Crippen LogP contribution is 2.05. The van der Waals surface area contributed by atoms with Gasteiger partial charge in [0, 0.05) is 18.6 Å². The number of unbranched alkanes of at least 4 members (excludes halogenated alkanes) is 4. The van der Waals surface area contributed by atoms with Crippen molar-refractivity contribution in [2.75, 3.05) is 0 Å². The van der Waals surface area contributed by atoms with Gasteiger partial charge in [-0.2, -0.15) is 5.10 Å². The van der Waals surface area contributed by atoms with Crippen molar-refractivity contribution in [3.63, 3.8) is 0 Å². The van der Waals surface area contributed by atoms with Crippen molar-refractivity contribution in [2.45, 2.75) is 58.8 Å². The first kappa shape index (κ1) is 16.4. The molecular formula is C17H26N2O. The van der Waals surface area contributed by atoms with Crippen molar-refractivity contribution in [3.8, 4) is 0 Å². The number of nitrogens with one attached hydrogen (secondary N) is 1. The van der Waals surface area contributed by atoms with Gasteiger partial charge < -0.3 is 0 Å². The van der Waals surface area contributed by atoms with E-state index >= 15 is 0 Å². The van der Waals surface area contributed by atoms with E-state index in [1.54, 1.807) is 0 Å². The molecule has 0 radical (unpaired) electrons. The van der Waals surface area contributed by atoms with Gasteiger partial charge in [-0.1, -0.05) is 62.9 Å². The molecule has 0 unspecified atom stereocenters. The van der Waals surface area contributed by atoms with Crippen LogP contribution in [0.2, 0.25) is 0 Å². The highest BCUT2D eigenvalue weighted by Gasteiger charge is 2.00. The molecule has 0 aliphatic rings. The lowest BCUT2D eigenvalue weighted by molar-refractivity contribution is -0.121. The van der Waals surface area contributed by atoms with Crippen LogP contribution in [0.3, 0.4) is 0 Å². The third kappa shape index (κ3) is 7.72. The fourth-order valence-corrected chi connectivity index (χ4v) is 2.03. The molecule has 110 valence electrons. The number of carbonyl (C=O) groups excluding carboxylic acids is 1. The molecule has 3 nitrogen and oxygen atoms in total. The second-order valence-corrected chi connectivity index (χ2v) is 5.21. The number of hydrogen-bond donors (Lipinski definition) is 1. The minimum atomic E-state index is 0.0221. The molecule has 1 rings (SSSR count). The minimum Gasteiger partial charge on any atom is -0.273 e. The number of benzene rings is 1. The van der Waals surface area contributed by atoms with Gasteiger partial charge in [0.05, 0.1) is 0 Å². The van der Waals surface area contributed by atoms with Crippen molar-refractivity contribution in [2.24, 2.45) is 5.10 Å². The molecule has 0 aliphatic carbocycles. The molecule has 20 heavy (non-hydrogen) atoms. The van der Waals surface area contributed by atoms with Crippen LogP contribution in [0.15, 0.2) is 35.4 Å². The van der Waals surface area contributed by atoms with Crippen LogP contribution in [0.25, 0.3) is 0 Å². The van der Waals surface area contributed by atoms with Gasteiger partial charge in [0.2, 0.25) is 5.91 Å². The summed E-state index contributed by atoms with van der Waals surface area (Å²) in [5.41, 5.74) is 4.78. The maximum atomic E-state index is 11.6. The average Bonchev–Trinajstić information content (AvgIpc) is 2.46. The summed E-state index contributed by atoms with van der Waals surface area (Å²) in [7, 11) is 0. The smallest absolute Gasteiger partial charge is 0.240 e. The highest BCUT2D eigenvalue weighted by atomic mass is 16.2. The summed E-state index contributed by atoms with van der Waals surface area (Å²) < 4.78 is 0. The van der Waals surface area contributed by atoms with Gasteiger partial charge in [0.25, 0.3) is 0 Å². The lowest BCUT2D eigenvalue weighted by atomic mass is 10.1. The summed E-state index contributed by atoms with van der Waals surface area (Å²) in [6.07, 6.45) is 7.15. The first-order valence-electron chi connectivity index (χ1n) is 7.58. The van der Waals surface area contributed by atoms with E-state index in [9.17, 15) is 4.79 Å². The number of hydrazone groups is 1. The normalized spacial score (nSPS) is 11.4. The maximum absolute atomic E-state index is 11.6. The van der Waals surface area contributed by atoms with Crippen LogP contribution in [0.5, 0.6) is 0 Å². The Hall–Kier alpha value is -1.64. The highest BCUT2D eigenvalue weighted by molar-refractivity contribution is 5.86. The van der Waals surface area contributed by atoms with Gasteiger partial charge in [-0.3, -0.25) is 4.79 Å². The van der Waals surface area contributed by atoms with Gasteiger partial charge >= 0.3 is 0 Å². The SMILES string of the molecule is CCCCCCCC(=O)NN=C(C)Cc1ccccc1. The Kier molecular flexibility index (Phi) is 8.36. The van der Waals surface area contributed by atoms with E-state index < -0.39 is 0 Å². The zero-order valence-electron chi connectivity index (χ0n) is 12.7. The van der Waals surface area contributed by atoms with Gasteiger partial charge in [-0.25, -0.2) is 5.43 Å². The molecule has 0 fully saturated rings. The average molecular weight is 274 g/mol. The molecule has 0 atom stereocenters. The minimum absolute atomic E-state index is 0.0221. The number of rotatable bonds is 9. The molecule has 0 bridgehead atoms. The monoisotopic (exact) mass is 274 g/mol. The number of amides is 1. The summed E-state index contributed by atoms with van der Waals surface area (Å²) in [5.74, 6) is 0.0221. The third-order valence-corrected chi connectivity index (χ3v) is 3.18. The topological polar surface area (TPSA) is 41.5 Å². The second kappa shape index (κ2) is 10.2. The van der Waals surface area contributed by atoms with Crippen molar-refractivity contribution >= 4 is 11.6 Å². The Balaban J connectivity index is 2.20. The standard InChI is InChI=1S/C17H26N2O/c1-3-4-5-6-10-13-17(20)19-18-15(2)14-16-11-8-7-9-12-16/h7-9,11-12H,3-6,10,13-14H2,1-2H3,(H,19,20). The summed E-state index contributed by atoms with van der Waals surface area (Å²) >= 11 is 0. The van der Waals surface area contributed by atoms with Crippen LogP contribution in [-0.2, 0) is 11.2 Å². The van der Waals surface area contributed by atoms with Crippen LogP contribution in [0.4, 0.5) is 0 Å². The van der Waals surface area contributed by atoms with Crippen LogP contribution in [-0.4, -0.2) is 11.6 Å². The van der Waals surface area contributed by atoms with Crippen molar-refractivity contribution < 1.29 is 4.79 Å². The molecule has 1 amide bonds. The number of carbonyl (C=O) groups is 1. The molecule has 0 aromatic heterocycles. The van der Waals surface area contributed by atoms with Crippen LogP contribution in [0, 0.1) is 0 Å². The molecule has 0 spiro atoms. The van der Waals surface area contributed by atoms with E-state index in [0.717, 1.165) is 25.0 Å². The van der Waals surface area contributed by atoms with E-state index in [1.807, 2.05) is 25.1 Å². The molecule has 0 saturated carbocycles. The first-order valence-corrected chi connectivity index (χ1v) is 7.58. The largest absolute Gasteiger partial charge is 0.273 e. The molecule has 0 saturated heterocycles. The molecule has 1 aromatic rings. The van der Waals surface area contributed by atoms with Gasteiger partial charge in [-0.15, -0.1) is 0 Å². The Bertz CT molecular complexity index is 412. The number of nitrogens with zero attached hydrogens (tertiary/aromatic N) is 1. The molecular weight excluding hydrogens is 248 g/mol. The van der Waals surface area contributed by atoms with Gasteiger partial charge in [-0.05, 0) is 18.9 Å². The Labute approximate surface area is 122 Å². The van der Waals surface area contributed by atoms with Crippen molar-refractivity contribution in [1.29, 1.82) is 0 Å². The summed E-state index contributed by atoms with van der Waals surface area (Å²) in [5, 5.41) is 4.15. The predicted molar refractivity (Wildman–Crippen MR) is 84.8 cm³/mol. The Morgan fingerprint density at radius 1 is 1.10 bits per heavy atom. The van der Waals surface area contributed by atoms with E-state index in [4.69, 9.17) is 0 Å². The molecule has 3 heteroatoms. The van der Waals surface area contributed by atoms with E-state index in [-0.39, 0.29) is 5.91 Å². The third-order valence-electron chi connectivity index (χ3n) is 3.18. The zero-order chi connectivity index (χ0) is 14.6. The Morgan fingerprint density at radius 3 is 2.50 bits per heavy atom. The maximum Gasteiger partial charge on any atom is 0.240 e. The fraction of sp³-hybridized carbons (Fsp3) is 0.529. The summed E-state index contributed by atoms with van der Waals surface area (Å²) in [6, 6.07) is 10.1. The molecule has 1 N–H and O–H groups in total. The van der Waals surface area contributed by atoms with Gasteiger partial charge in [0.15, 0.2) is 0 Å². The molecule has 1 aromatic carbocycles. The van der Waals surface area contributed by atoms with Gasteiger partial charge in [0.1, 0.15) is 0 Å². The van der Waals surface area contributed by atoms with Crippen LogP contribution >= 0.6 is 0 Å². The van der Waals surface area contributed by atoms with Crippen molar-refractivity contribution in [1.82, 2.24) is 5.43 Å². The number of hydrogen-bond acceptors (Lipinski definition) is 2. The lowest BCUT2D eigenvalue weighted by Gasteiger charge is -2.03. The quantitative estimate of drug-likeness (QED) is 0.411.